The van der Waals surface area contributed by atoms with E-state index in [1.807, 2.05) is 11.3 Å². The largest absolute Gasteiger partial charge is 0.344 e. The van der Waals surface area contributed by atoms with Crippen LogP contribution in [0, 0.1) is 0 Å². The first-order valence-corrected chi connectivity index (χ1v) is 9.12. The first kappa shape index (κ1) is 15.3. The average Bonchev–Trinajstić information content (AvgIpc) is 3.04. The topological polar surface area (TPSA) is 31.4 Å². The van der Waals surface area contributed by atoms with Crippen LogP contribution in [0.15, 0.2) is 0 Å². The molecule has 1 saturated carbocycles. The Morgan fingerprint density at radius 3 is 2.81 bits per heavy atom. The SMILES string of the molecule is CCNCc1sc(N2CCCC2CN(C)C)nc1C1CC1. The van der Waals surface area contributed by atoms with Gasteiger partial charge in [0.05, 0.1) is 5.69 Å². The fourth-order valence-electron chi connectivity index (χ4n) is 3.21. The maximum Gasteiger partial charge on any atom is 0.186 e. The van der Waals surface area contributed by atoms with Crippen molar-refractivity contribution >= 4 is 16.5 Å². The molecule has 1 N–H and O–H groups in total. The van der Waals surface area contributed by atoms with E-state index in [2.05, 4.69) is 36.1 Å². The van der Waals surface area contributed by atoms with Crippen LogP contribution < -0.4 is 10.2 Å². The van der Waals surface area contributed by atoms with Crippen LogP contribution in [0.2, 0.25) is 0 Å². The van der Waals surface area contributed by atoms with Gasteiger partial charge in [0.25, 0.3) is 0 Å². The van der Waals surface area contributed by atoms with E-state index in [1.165, 1.54) is 47.9 Å². The van der Waals surface area contributed by atoms with E-state index in [1.54, 1.807) is 0 Å². The fraction of sp³-hybridized carbons (Fsp3) is 0.812. The highest BCUT2D eigenvalue weighted by molar-refractivity contribution is 7.15. The van der Waals surface area contributed by atoms with Crippen molar-refractivity contribution in [1.82, 2.24) is 15.2 Å². The summed E-state index contributed by atoms with van der Waals surface area (Å²) in [7, 11) is 4.34. The van der Waals surface area contributed by atoms with Crippen LogP contribution in [0.25, 0.3) is 0 Å². The summed E-state index contributed by atoms with van der Waals surface area (Å²) in [5.74, 6) is 0.749. The minimum absolute atomic E-state index is 0.644. The molecule has 2 heterocycles. The molecule has 1 aliphatic heterocycles. The molecule has 0 amide bonds. The minimum Gasteiger partial charge on any atom is -0.344 e. The molecular formula is C16H28N4S. The second-order valence-corrected chi connectivity index (χ2v) is 7.67. The first-order chi connectivity index (χ1) is 10.2. The van der Waals surface area contributed by atoms with Gasteiger partial charge in [-0.15, -0.1) is 11.3 Å². The van der Waals surface area contributed by atoms with Gasteiger partial charge in [-0.1, -0.05) is 6.92 Å². The van der Waals surface area contributed by atoms with Gasteiger partial charge in [-0.2, -0.15) is 0 Å². The number of likely N-dealkylation sites (N-methyl/N-ethyl adjacent to an activating group) is 1. The van der Waals surface area contributed by atoms with E-state index in [4.69, 9.17) is 4.98 Å². The molecule has 1 aromatic rings. The molecule has 0 radical (unpaired) electrons. The Hall–Kier alpha value is -0.650. The fourth-order valence-corrected chi connectivity index (χ4v) is 4.43. The van der Waals surface area contributed by atoms with E-state index >= 15 is 0 Å². The molecule has 0 spiro atoms. The molecule has 0 aromatic carbocycles. The zero-order chi connectivity index (χ0) is 14.8. The van der Waals surface area contributed by atoms with Crippen molar-refractivity contribution in [3.8, 4) is 0 Å². The number of rotatable bonds is 7. The van der Waals surface area contributed by atoms with Crippen LogP contribution >= 0.6 is 11.3 Å². The number of nitrogens with zero attached hydrogens (tertiary/aromatic N) is 3. The third-order valence-corrected chi connectivity index (χ3v) is 5.52. The monoisotopic (exact) mass is 308 g/mol. The maximum atomic E-state index is 5.05. The smallest absolute Gasteiger partial charge is 0.186 e. The van der Waals surface area contributed by atoms with E-state index in [9.17, 15) is 0 Å². The highest BCUT2D eigenvalue weighted by Gasteiger charge is 2.33. The van der Waals surface area contributed by atoms with Gasteiger partial charge in [0.2, 0.25) is 0 Å². The number of hydrogen-bond donors (Lipinski definition) is 1. The summed E-state index contributed by atoms with van der Waals surface area (Å²) in [6, 6.07) is 0.644. The second-order valence-electron chi connectivity index (χ2n) is 6.61. The quantitative estimate of drug-likeness (QED) is 0.839. The molecule has 21 heavy (non-hydrogen) atoms. The van der Waals surface area contributed by atoms with Crippen LogP contribution in [-0.2, 0) is 6.54 Å². The Morgan fingerprint density at radius 1 is 1.33 bits per heavy atom. The van der Waals surface area contributed by atoms with Crippen LogP contribution in [0.5, 0.6) is 0 Å². The molecule has 1 atom stereocenters. The minimum atomic E-state index is 0.644. The maximum absolute atomic E-state index is 5.05. The number of aromatic nitrogens is 1. The molecule has 1 aliphatic carbocycles. The summed E-state index contributed by atoms with van der Waals surface area (Å²) in [6.45, 7) is 6.51. The summed E-state index contributed by atoms with van der Waals surface area (Å²) in [6.07, 6.45) is 5.28. The van der Waals surface area contributed by atoms with E-state index in [0.717, 1.165) is 25.6 Å². The third kappa shape index (κ3) is 3.58. The van der Waals surface area contributed by atoms with Crippen molar-refractivity contribution in [1.29, 1.82) is 0 Å². The van der Waals surface area contributed by atoms with Crippen molar-refractivity contribution in [3.63, 3.8) is 0 Å². The number of nitrogens with one attached hydrogen (secondary N) is 1. The first-order valence-electron chi connectivity index (χ1n) is 8.30. The lowest BCUT2D eigenvalue weighted by molar-refractivity contribution is 0.372. The van der Waals surface area contributed by atoms with Crippen LogP contribution in [0.1, 0.15) is 49.1 Å². The van der Waals surface area contributed by atoms with Gasteiger partial charge in [0.15, 0.2) is 5.13 Å². The number of anilines is 1. The lowest BCUT2D eigenvalue weighted by Gasteiger charge is -2.26. The summed E-state index contributed by atoms with van der Waals surface area (Å²) >= 11 is 1.93. The molecular weight excluding hydrogens is 280 g/mol. The predicted molar refractivity (Wildman–Crippen MR) is 90.4 cm³/mol. The molecule has 2 fully saturated rings. The summed E-state index contributed by atoms with van der Waals surface area (Å²) < 4.78 is 0. The third-order valence-electron chi connectivity index (χ3n) is 4.41. The molecule has 0 bridgehead atoms. The van der Waals surface area contributed by atoms with Crippen molar-refractivity contribution in [2.24, 2.45) is 0 Å². The molecule has 2 aliphatic rings. The Kier molecular flexibility index (Phi) is 4.82. The highest BCUT2D eigenvalue weighted by atomic mass is 32.1. The Bertz CT molecular complexity index is 467. The van der Waals surface area contributed by atoms with Gasteiger partial charge < -0.3 is 15.1 Å². The lowest BCUT2D eigenvalue weighted by Crippen LogP contribution is -2.37. The zero-order valence-electron chi connectivity index (χ0n) is 13.6. The lowest BCUT2D eigenvalue weighted by atomic mass is 10.2. The van der Waals surface area contributed by atoms with Crippen molar-refractivity contribution in [2.75, 3.05) is 38.6 Å². The van der Waals surface area contributed by atoms with Gasteiger partial charge >= 0.3 is 0 Å². The van der Waals surface area contributed by atoms with Crippen molar-refractivity contribution < 1.29 is 0 Å². The Morgan fingerprint density at radius 2 is 2.14 bits per heavy atom. The molecule has 4 nitrogen and oxygen atoms in total. The Balaban J connectivity index is 1.77. The van der Waals surface area contributed by atoms with Gasteiger partial charge in [0, 0.05) is 36.5 Å². The summed E-state index contributed by atoms with van der Waals surface area (Å²) in [5, 5.41) is 4.75. The molecule has 1 unspecified atom stereocenters. The van der Waals surface area contributed by atoms with E-state index < -0.39 is 0 Å². The van der Waals surface area contributed by atoms with Crippen LogP contribution in [0.3, 0.4) is 0 Å². The van der Waals surface area contributed by atoms with Crippen molar-refractivity contribution in [3.05, 3.63) is 10.6 Å². The van der Waals surface area contributed by atoms with Gasteiger partial charge in [-0.3, -0.25) is 0 Å². The molecule has 3 rings (SSSR count). The van der Waals surface area contributed by atoms with Crippen LogP contribution in [-0.4, -0.2) is 49.7 Å². The second kappa shape index (κ2) is 6.63. The van der Waals surface area contributed by atoms with Gasteiger partial charge in [-0.05, 0) is 46.3 Å². The normalized spacial score (nSPS) is 22.5. The molecule has 1 aromatic heterocycles. The zero-order valence-corrected chi connectivity index (χ0v) is 14.4. The Labute approximate surface area is 132 Å². The van der Waals surface area contributed by atoms with Crippen molar-refractivity contribution in [2.45, 2.75) is 51.1 Å². The van der Waals surface area contributed by atoms with E-state index in [-0.39, 0.29) is 0 Å². The molecule has 1 saturated heterocycles. The summed E-state index contributed by atoms with van der Waals surface area (Å²) in [5.41, 5.74) is 1.39. The van der Waals surface area contributed by atoms with Gasteiger partial charge in [-0.25, -0.2) is 4.98 Å². The molecule has 118 valence electrons. The van der Waals surface area contributed by atoms with E-state index in [0.29, 0.717) is 6.04 Å². The standard InChI is InChI=1S/C16H28N4S/c1-4-17-10-14-15(12-7-8-12)18-16(21-14)20-9-5-6-13(20)11-19(2)3/h12-13,17H,4-11H2,1-3H3. The molecule has 5 heteroatoms. The van der Waals surface area contributed by atoms with Gasteiger partial charge in [0.1, 0.15) is 0 Å². The number of thiazole rings is 1. The van der Waals surface area contributed by atoms with Crippen LogP contribution in [0.4, 0.5) is 5.13 Å². The highest BCUT2D eigenvalue weighted by Crippen LogP contribution is 2.44. The average molecular weight is 308 g/mol. The summed E-state index contributed by atoms with van der Waals surface area (Å²) in [4.78, 5) is 11.4. The predicted octanol–water partition coefficient (Wildman–Crippen LogP) is 2.66. The number of hydrogen-bond acceptors (Lipinski definition) is 5.